The van der Waals surface area contributed by atoms with Crippen LogP contribution in [0.25, 0.3) is 44.4 Å². The van der Waals surface area contributed by atoms with Crippen molar-refractivity contribution in [1.29, 1.82) is 0 Å². The van der Waals surface area contributed by atoms with Gasteiger partial charge >= 0.3 is 0 Å². The molecule has 0 amide bonds. The van der Waals surface area contributed by atoms with E-state index in [0.29, 0.717) is 0 Å². The van der Waals surface area contributed by atoms with Gasteiger partial charge in [0.25, 0.3) is 0 Å². The Hall–Kier alpha value is -3.72. The average molecular weight is 492 g/mol. The van der Waals surface area contributed by atoms with E-state index >= 15 is 0 Å². The highest BCUT2D eigenvalue weighted by molar-refractivity contribution is 7.01. The minimum atomic E-state index is 0.0483. The molecular weight excluding hydrogens is 459 g/mol. The molecule has 38 heavy (non-hydrogen) atoms. The van der Waals surface area contributed by atoms with Crippen LogP contribution in [0.1, 0.15) is 58.2 Å². The summed E-state index contributed by atoms with van der Waals surface area (Å²) in [6.07, 6.45) is 0. The predicted octanol–water partition coefficient (Wildman–Crippen LogP) is 6.75. The van der Waals surface area contributed by atoms with E-state index in [4.69, 9.17) is 0 Å². The third-order valence-electron chi connectivity index (χ3n) is 9.20. The Morgan fingerprint density at radius 2 is 1.37 bits per heavy atom. The van der Waals surface area contributed by atoms with Gasteiger partial charge in [-0.15, -0.1) is 0 Å². The fourth-order valence-electron chi connectivity index (χ4n) is 7.21. The molecule has 0 fully saturated rings. The van der Waals surface area contributed by atoms with E-state index in [-0.39, 0.29) is 17.5 Å². The van der Waals surface area contributed by atoms with E-state index in [1.165, 1.54) is 77.5 Å². The van der Waals surface area contributed by atoms with Gasteiger partial charge < -0.3 is 0 Å². The zero-order valence-electron chi connectivity index (χ0n) is 23.4. The Bertz CT molecular complexity index is 2000. The van der Waals surface area contributed by atoms with Crippen molar-refractivity contribution in [3.63, 3.8) is 0 Å². The van der Waals surface area contributed by atoms with Crippen LogP contribution in [0.2, 0.25) is 0 Å². The summed E-state index contributed by atoms with van der Waals surface area (Å²) in [7, 11) is 0. The normalized spacial score (nSPS) is 14.1. The van der Waals surface area contributed by atoms with E-state index < -0.39 is 0 Å². The molecule has 0 aliphatic carbocycles. The Labute approximate surface area is 225 Å². The molecule has 0 saturated heterocycles. The summed E-state index contributed by atoms with van der Waals surface area (Å²) in [4.78, 5) is 0. The predicted molar refractivity (Wildman–Crippen MR) is 164 cm³/mol. The second kappa shape index (κ2) is 6.83. The molecular formula is C35H33BN2. The SMILES string of the molecule is Cc1c2ccccc2n2c3cccc4c3n(c12)-c1cc(C(C)(C)C)cc2c1B4c1ccc(C(C)(C)C)cc1-2. The quantitative estimate of drug-likeness (QED) is 0.207. The lowest BCUT2D eigenvalue weighted by Crippen LogP contribution is -2.53. The number of benzene rings is 4. The Balaban J connectivity index is 1.60. The number of aryl methyl sites for hydroxylation is 1. The lowest BCUT2D eigenvalue weighted by atomic mass is 9.37. The van der Waals surface area contributed by atoms with Crippen LogP contribution in [0, 0.1) is 6.92 Å². The molecule has 3 heteroatoms. The summed E-state index contributed by atoms with van der Waals surface area (Å²) >= 11 is 0. The van der Waals surface area contributed by atoms with Gasteiger partial charge in [0.05, 0.1) is 16.6 Å². The van der Waals surface area contributed by atoms with Crippen molar-refractivity contribution in [3.05, 3.63) is 89.5 Å². The fourth-order valence-corrected chi connectivity index (χ4v) is 7.21. The first kappa shape index (κ1) is 22.3. The molecule has 2 aliphatic rings. The van der Waals surface area contributed by atoms with E-state index in [1.807, 2.05) is 0 Å². The van der Waals surface area contributed by atoms with Gasteiger partial charge in [-0.2, -0.15) is 0 Å². The van der Waals surface area contributed by atoms with Gasteiger partial charge in [-0.3, -0.25) is 8.97 Å². The van der Waals surface area contributed by atoms with Gasteiger partial charge in [-0.1, -0.05) is 102 Å². The number of hydrogen-bond acceptors (Lipinski definition) is 0. The summed E-state index contributed by atoms with van der Waals surface area (Å²) in [5.74, 6) is 0. The third-order valence-corrected chi connectivity index (χ3v) is 9.20. The number of rotatable bonds is 0. The number of para-hydroxylation sites is 2. The molecule has 2 aromatic heterocycles. The summed E-state index contributed by atoms with van der Waals surface area (Å²) < 4.78 is 5.10. The van der Waals surface area contributed by atoms with Gasteiger partial charge in [0.15, 0.2) is 0 Å². The van der Waals surface area contributed by atoms with Crippen LogP contribution in [0.5, 0.6) is 0 Å². The summed E-state index contributed by atoms with van der Waals surface area (Å²) in [5.41, 5.74) is 18.1. The number of fused-ring (bicyclic) bond motifs is 10. The zero-order chi connectivity index (χ0) is 26.3. The molecule has 186 valence electrons. The van der Waals surface area contributed by atoms with Crippen LogP contribution < -0.4 is 16.4 Å². The van der Waals surface area contributed by atoms with E-state index in [2.05, 4.69) is 130 Å². The number of aromatic nitrogens is 2. The standard InChI is InChI=1S/C35H33BN2/c1-20-23-11-8-9-13-28(23)37-29-14-10-12-27-32(29)38(33(20)37)30-19-22(35(5,6)7)18-25-24-17-21(34(2,3)4)15-16-26(24)36(27)31(25)30/h8-19H,1-7H3. The first-order chi connectivity index (χ1) is 18.1. The third kappa shape index (κ3) is 2.60. The van der Waals surface area contributed by atoms with E-state index in [1.54, 1.807) is 0 Å². The van der Waals surface area contributed by atoms with Crippen molar-refractivity contribution in [1.82, 2.24) is 8.97 Å². The first-order valence-corrected chi connectivity index (χ1v) is 13.9. The maximum atomic E-state index is 2.60. The Kier molecular flexibility index (Phi) is 4.00. The van der Waals surface area contributed by atoms with Crippen molar-refractivity contribution in [2.75, 3.05) is 0 Å². The molecule has 0 atom stereocenters. The average Bonchev–Trinajstić information content (AvgIpc) is 3.49. The molecule has 2 nitrogen and oxygen atoms in total. The van der Waals surface area contributed by atoms with Crippen molar-refractivity contribution >= 4 is 50.7 Å². The van der Waals surface area contributed by atoms with E-state index in [9.17, 15) is 0 Å². The Morgan fingerprint density at radius 1 is 0.658 bits per heavy atom. The zero-order valence-corrected chi connectivity index (χ0v) is 23.4. The summed E-state index contributed by atoms with van der Waals surface area (Å²) in [6.45, 7) is 16.5. The molecule has 6 aromatic rings. The van der Waals surface area contributed by atoms with Crippen molar-refractivity contribution < 1.29 is 0 Å². The molecule has 0 unspecified atom stereocenters. The van der Waals surface area contributed by atoms with Crippen LogP contribution in [0.3, 0.4) is 0 Å². The molecule has 0 radical (unpaired) electrons. The van der Waals surface area contributed by atoms with Gasteiger partial charge in [0.1, 0.15) is 5.65 Å². The molecule has 0 saturated carbocycles. The maximum Gasteiger partial charge on any atom is 0.248 e. The van der Waals surface area contributed by atoms with Crippen LogP contribution >= 0.6 is 0 Å². The van der Waals surface area contributed by atoms with Crippen LogP contribution in [0.15, 0.2) is 72.8 Å². The number of nitrogens with zero attached hydrogens (tertiary/aromatic N) is 2. The lowest BCUT2D eigenvalue weighted by molar-refractivity contribution is 0.589. The van der Waals surface area contributed by atoms with Gasteiger partial charge in [0, 0.05) is 16.6 Å². The van der Waals surface area contributed by atoms with Gasteiger partial charge in [-0.05, 0) is 69.1 Å². The first-order valence-electron chi connectivity index (χ1n) is 13.9. The minimum absolute atomic E-state index is 0.0483. The molecule has 0 bridgehead atoms. The number of hydrogen-bond donors (Lipinski definition) is 0. The molecule has 4 aromatic carbocycles. The van der Waals surface area contributed by atoms with Crippen molar-refractivity contribution in [3.8, 4) is 16.8 Å². The maximum absolute atomic E-state index is 2.60. The largest absolute Gasteiger partial charge is 0.295 e. The highest BCUT2D eigenvalue weighted by atomic mass is 15.1. The van der Waals surface area contributed by atoms with Crippen LogP contribution in [-0.2, 0) is 10.8 Å². The Morgan fingerprint density at radius 3 is 2.13 bits per heavy atom. The number of imidazole rings is 1. The minimum Gasteiger partial charge on any atom is -0.295 e. The van der Waals surface area contributed by atoms with Gasteiger partial charge in [0.2, 0.25) is 6.71 Å². The van der Waals surface area contributed by atoms with Crippen LogP contribution in [0.4, 0.5) is 0 Å². The van der Waals surface area contributed by atoms with Gasteiger partial charge in [-0.25, -0.2) is 0 Å². The summed E-state index contributed by atoms with van der Waals surface area (Å²) in [5, 5.41) is 1.34. The molecule has 0 N–H and O–H groups in total. The second-order valence-electron chi connectivity index (χ2n) is 13.5. The topological polar surface area (TPSA) is 9.34 Å². The molecule has 0 spiro atoms. The van der Waals surface area contributed by atoms with Crippen LogP contribution in [-0.4, -0.2) is 15.7 Å². The fraction of sp³-hybridized carbons (Fsp3) is 0.257. The van der Waals surface area contributed by atoms with Crippen molar-refractivity contribution in [2.45, 2.75) is 59.3 Å². The summed E-state index contributed by atoms with van der Waals surface area (Å²) in [6, 6.07) is 28.1. The second-order valence-corrected chi connectivity index (χ2v) is 13.5. The van der Waals surface area contributed by atoms with E-state index in [0.717, 1.165) is 0 Å². The monoisotopic (exact) mass is 492 g/mol. The molecule has 8 rings (SSSR count). The van der Waals surface area contributed by atoms with Crippen molar-refractivity contribution in [2.24, 2.45) is 0 Å². The highest BCUT2D eigenvalue weighted by Crippen LogP contribution is 2.40. The lowest BCUT2D eigenvalue weighted by Gasteiger charge is -2.27. The smallest absolute Gasteiger partial charge is 0.248 e. The highest BCUT2D eigenvalue weighted by Gasteiger charge is 2.42. The molecule has 2 aliphatic heterocycles. The molecule has 4 heterocycles.